The van der Waals surface area contributed by atoms with Crippen LogP contribution in [0.4, 0.5) is 0 Å². The zero-order valence-corrected chi connectivity index (χ0v) is 12.3. The third kappa shape index (κ3) is 1.84. The lowest BCUT2D eigenvalue weighted by Gasteiger charge is -2.01. The van der Waals surface area contributed by atoms with Crippen molar-refractivity contribution in [1.29, 1.82) is 0 Å². The first-order valence-corrected chi connectivity index (χ1v) is 6.99. The smallest absolute Gasteiger partial charge is 0.297 e. The molecular formula is C16H14N4O2. The highest BCUT2D eigenvalue weighted by Crippen LogP contribution is 2.24. The summed E-state index contributed by atoms with van der Waals surface area (Å²) in [6.07, 6.45) is 1.55. The van der Waals surface area contributed by atoms with E-state index in [2.05, 4.69) is 10.1 Å². The minimum absolute atomic E-state index is 0.190. The first-order chi connectivity index (χ1) is 10.6. The van der Waals surface area contributed by atoms with Crippen molar-refractivity contribution in [2.24, 2.45) is 7.05 Å². The van der Waals surface area contributed by atoms with E-state index in [0.29, 0.717) is 17.6 Å². The van der Waals surface area contributed by atoms with Gasteiger partial charge in [0.2, 0.25) is 5.58 Å². The fourth-order valence-corrected chi connectivity index (χ4v) is 2.61. The normalized spacial score (nSPS) is 11.5. The van der Waals surface area contributed by atoms with Crippen molar-refractivity contribution in [2.75, 3.05) is 0 Å². The molecule has 110 valence electrons. The number of hydrogen-bond acceptors (Lipinski definition) is 4. The number of aryl methyl sites for hydroxylation is 2. The number of para-hydroxylation sites is 1. The summed E-state index contributed by atoms with van der Waals surface area (Å²) in [4.78, 5) is 17.0. The SMILES string of the molecule is Cc1cc(Cn2cnc3c(oc4ccccc43)c2=O)nn1C. The summed E-state index contributed by atoms with van der Waals surface area (Å²) in [6, 6.07) is 9.47. The highest BCUT2D eigenvalue weighted by atomic mass is 16.3. The molecule has 0 aliphatic heterocycles. The van der Waals surface area contributed by atoms with E-state index < -0.39 is 0 Å². The lowest BCUT2D eigenvalue weighted by atomic mass is 10.2. The van der Waals surface area contributed by atoms with Crippen LogP contribution >= 0.6 is 0 Å². The Hall–Kier alpha value is -2.89. The molecule has 0 amide bonds. The first-order valence-electron chi connectivity index (χ1n) is 6.99. The second-order valence-corrected chi connectivity index (χ2v) is 5.35. The molecule has 6 heteroatoms. The van der Waals surface area contributed by atoms with Gasteiger partial charge in [0, 0.05) is 18.1 Å². The van der Waals surface area contributed by atoms with Gasteiger partial charge in [-0.1, -0.05) is 12.1 Å². The summed E-state index contributed by atoms with van der Waals surface area (Å²) in [5, 5.41) is 5.22. The number of furan rings is 1. The summed E-state index contributed by atoms with van der Waals surface area (Å²) in [7, 11) is 1.88. The van der Waals surface area contributed by atoms with Crippen molar-refractivity contribution >= 4 is 22.1 Å². The number of hydrogen-bond donors (Lipinski definition) is 0. The predicted octanol–water partition coefficient (Wildman–Crippen LogP) is 2.23. The van der Waals surface area contributed by atoms with Gasteiger partial charge in [-0.2, -0.15) is 5.10 Å². The highest BCUT2D eigenvalue weighted by molar-refractivity contribution is 6.01. The maximum Gasteiger partial charge on any atom is 0.297 e. The Kier molecular flexibility index (Phi) is 2.66. The summed E-state index contributed by atoms with van der Waals surface area (Å²) in [6.45, 7) is 2.35. The number of fused-ring (bicyclic) bond motifs is 3. The molecule has 0 aliphatic rings. The molecule has 4 aromatic rings. The summed E-state index contributed by atoms with van der Waals surface area (Å²) < 4.78 is 8.97. The van der Waals surface area contributed by atoms with Gasteiger partial charge in [-0.3, -0.25) is 14.0 Å². The van der Waals surface area contributed by atoms with Gasteiger partial charge < -0.3 is 4.42 Å². The lowest BCUT2D eigenvalue weighted by molar-refractivity contribution is 0.634. The van der Waals surface area contributed by atoms with Crippen LogP contribution in [0.2, 0.25) is 0 Å². The van der Waals surface area contributed by atoms with E-state index >= 15 is 0 Å². The van der Waals surface area contributed by atoms with Crippen molar-refractivity contribution in [1.82, 2.24) is 19.3 Å². The van der Waals surface area contributed by atoms with Gasteiger partial charge in [0.05, 0.1) is 18.6 Å². The van der Waals surface area contributed by atoms with Gasteiger partial charge in [-0.25, -0.2) is 4.98 Å². The number of nitrogens with zero attached hydrogens (tertiary/aromatic N) is 4. The van der Waals surface area contributed by atoms with Crippen molar-refractivity contribution in [2.45, 2.75) is 13.5 Å². The van der Waals surface area contributed by atoms with E-state index in [1.165, 1.54) is 4.57 Å². The van der Waals surface area contributed by atoms with Gasteiger partial charge in [-0.05, 0) is 25.1 Å². The van der Waals surface area contributed by atoms with Gasteiger partial charge in [-0.15, -0.1) is 0 Å². The van der Waals surface area contributed by atoms with Crippen LogP contribution in [0.1, 0.15) is 11.4 Å². The Morgan fingerprint density at radius 1 is 1.27 bits per heavy atom. The van der Waals surface area contributed by atoms with Crippen molar-refractivity contribution < 1.29 is 4.42 Å². The third-order valence-electron chi connectivity index (χ3n) is 3.85. The second-order valence-electron chi connectivity index (χ2n) is 5.35. The molecule has 0 saturated carbocycles. The molecule has 6 nitrogen and oxygen atoms in total. The number of benzene rings is 1. The standard InChI is InChI=1S/C16H14N4O2/c1-10-7-11(18-19(10)2)8-20-9-17-14-12-5-3-4-6-13(12)22-15(14)16(20)21/h3-7,9H,8H2,1-2H3. The van der Waals surface area contributed by atoms with E-state index in [4.69, 9.17) is 4.42 Å². The maximum atomic E-state index is 12.6. The van der Waals surface area contributed by atoms with Gasteiger partial charge in [0.25, 0.3) is 5.56 Å². The van der Waals surface area contributed by atoms with E-state index in [0.717, 1.165) is 16.8 Å². The number of rotatable bonds is 2. The van der Waals surface area contributed by atoms with Crippen molar-refractivity contribution in [3.63, 3.8) is 0 Å². The third-order valence-corrected chi connectivity index (χ3v) is 3.85. The molecule has 0 spiro atoms. The van der Waals surface area contributed by atoms with E-state index in [-0.39, 0.29) is 11.1 Å². The molecule has 0 atom stereocenters. The monoisotopic (exact) mass is 294 g/mol. The van der Waals surface area contributed by atoms with Crippen LogP contribution in [0.5, 0.6) is 0 Å². The van der Waals surface area contributed by atoms with Crippen LogP contribution in [0.3, 0.4) is 0 Å². The average molecular weight is 294 g/mol. The second kappa shape index (κ2) is 4.56. The van der Waals surface area contributed by atoms with E-state index in [1.807, 2.05) is 44.3 Å². The minimum Gasteiger partial charge on any atom is -0.448 e. The predicted molar refractivity (Wildman–Crippen MR) is 82.8 cm³/mol. The van der Waals surface area contributed by atoms with Crippen LogP contribution in [0.25, 0.3) is 22.1 Å². The van der Waals surface area contributed by atoms with Crippen LogP contribution in [0.15, 0.2) is 45.9 Å². The van der Waals surface area contributed by atoms with Gasteiger partial charge in [0.15, 0.2) is 0 Å². The van der Waals surface area contributed by atoms with Crippen LogP contribution in [0, 0.1) is 6.92 Å². The van der Waals surface area contributed by atoms with Crippen molar-refractivity contribution in [3.05, 3.63) is 58.4 Å². The minimum atomic E-state index is -0.190. The quantitative estimate of drug-likeness (QED) is 0.568. The molecule has 1 aromatic carbocycles. The Morgan fingerprint density at radius 3 is 2.86 bits per heavy atom. The van der Waals surface area contributed by atoms with Crippen LogP contribution in [-0.2, 0) is 13.6 Å². The van der Waals surface area contributed by atoms with Crippen molar-refractivity contribution in [3.8, 4) is 0 Å². The molecule has 0 saturated heterocycles. The largest absolute Gasteiger partial charge is 0.448 e. The number of aromatic nitrogens is 4. The van der Waals surface area contributed by atoms with E-state index in [9.17, 15) is 4.79 Å². The molecule has 3 aromatic heterocycles. The Balaban J connectivity index is 1.87. The zero-order chi connectivity index (χ0) is 15.3. The molecule has 4 rings (SSSR count). The van der Waals surface area contributed by atoms with Crippen LogP contribution < -0.4 is 5.56 Å². The molecule has 3 heterocycles. The summed E-state index contributed by atoms with van der Waals surface area (Å²) in [5.41, 5.74) is 3.24. The zero-order valence-electron chi connectivity index (χ0n) is 12.3. The molecule has 0 aliphatic carbocycles. The summed E-state index contributed by atoms with van der Waals surface area (Å²) in [5.74, 6) is 0. The molecule has 0 fully saturated rings. The first kappa shape index (κ1) is 12.8. The average Bonchev–Trinajstić information content (AvgIpc) is 3.03. The van der Waals surface area contributed by atoms with Gasteiger partial charge in [0.1, 0.15) is 11.1 Å². The molecule has 22 heavy (non-hydrogen) atoms. The van der Waals surface area contributed by atoms with Gasteiger partial charge >= 0.3 is 0 Å². The van der Waals surface area contributed by atoms with E-state index in [1.54, 1.807) is 11.0 Å². The van der Waals surface area contributed by atoms with Crippen LogP contribution in [-0.4, -0.2) is 19.3 Å². The molecule has 0 radical (unpaired) electrons. The molecule has 0 N–H and O–H groups in total. The molecule has 0 unspecified atom stereocenters. The molecule has 0 bridgehead atoms. The maximum absolute atomic E-state index is 12.6. The fourth-order valence-electron chi connectivity index (χ4n) is 2.61. The lowest BCUT2D eigenvalue weighted by Crippen LogP contribution is -2.20. The topological polar surface area (TPSA) is 65.8 Å². The Labute approximate surface area is 125 Å². The summed E-state index contributed by atoms with van der Waals surface area (Å²) >= 11 is 0. The fraction of sp³-hybridized carbons (Fsp3) is 0.188. The Bertz CT molecular complexity index is 1040. The highest BCUT2D eigenvalue weighted by Gasteiger charge is 2.13. The molecular weight excluding hydrogens is 280 g/mol. The Morgan fingerprint density at radius 2 is 2.09 bits per heavy atom.